The van der Waals surface area contributed by atoms with Gasteiger partial charge in [0.15, 0.2) is 0 Å². The number of ether oxygens (including phenoxy) is 1. The van der Waals surface area contributed by atoms with Gasteiger partial charge in [-0.05, 0) is 50.6 Å². The van der Waals surface area contributed by atoms with Gasteiger partial charge in [-0.1, -0.05) is 18.2 Å². The van der Waals surface area contributed by atoms with E-state index in [0.29, 0.717) is 29.4 Å². The summed E-state index contributed by atoms with van der Waals surface area (Å²) in [6.07, 6.45) is 1.69. The number of fused-ring (bicyclic) bond motifs is 1. The van der Waals surface area contributed by atoms with E-state index in [-0.39, 0.29) is 18.5 Å². The minimum Gasteiger partial charge on any atom is -0.490 e. The minimum atomic E-state index is -0.655. The van der Waals surface area contributed by atoms with Crippen molar-refractivity contribution in [1.29, 1.82) is 0 Å². The highest BCUT2D eigenvalue weighted by Gasteiger charge is 2.37. The summed E-state index contributed by atoms with van der Waals surface area (Å²) in [6.45, 7) is 10.1. The van der Waals surface area contributed by atoms with Gasteiger partial charge < -0.3 is 20.3 Å². The summed E-state index contributed by atoms with van der Waals surface area (Å²) in [5, 5.41) is 5.61. The van der Waals surface area contributed by atoms with Gasteiger partial charge in [-0.15, -0.1) is 6.58 Å². The molecule has 28 heavy (non-hydrogen) atoms. The molecule has 1 heterocycles. The molecule has 2 aromatic rings. The molecule has 0 bridgehead atoms. The first-order chi connectivity index (χ1) is 13.3. The van der Waals surface area contributed by atoms with Crippen LogP contribution in [-0.2, 0) is 4.79 Å². The number of nitrogens with zero attached hydrogens (tertiary/aromatic N) is 1. The summed E-state index contributed by atoms with van der Waals surface area (Å²) < 4.78 is 5.90. The number of aryl methyl sites for hydroxylation is 1. The zero-order valence-corrected chi connectivity index (χ0v) is 16.4. The van der Waals surface area contributed by atoms with Gasteiger partial charge in [-0.3, -0.25) is 4.79 Å². The van der Waals surface area contributed by atoms with Gasteiger partial charge in [-0.2, -0.15) is 0 Å². The molecular weight excluding hydrogens is 354 g/mol. The molecule has 0 unspecified atom stereocenters. The second-order valence-corrected chi connectivity index (χ2v) is 7.51. The van der Waals surface area contributed by atoms with Crippen molar-refractivity contribution >= 4 is 29.0 Å². The summed E-state index contributed by atoms with van der Waals surface area (Å²) in [5.41, 5.74) is 2.37. The smallest absolute Gasteiger partial charge is 0.323 e. The van der Waals surface area contributed by atoms with Crippen LogP contribution in [0.5, 0.6) is 5.75 Å². The second kappa shape index (κ2) is 7.76. The molecule has 0 aliphatic carbocycles. The average molecular weight is 379 g/mol. The zero-order valence-electron chi connectivity index (χ0n) is 16.4. The summed E-state index contributed by atoms with van der Waals surface area (Å²) >= 11 is 0. The van der Waals surface area contributed by atoms with Crippen LogP contribution in [-0.4, -0.2) is 25.1 Å². The average Bonchev–Trinajstić information content (AvgIpc) is 2.72. The van der Waals surface area contributed by atoms with E-state index in [0.717, 1.165) is 5.56 Å². The van der Waals surface area contributed by atoms with Crippen LogP contribution >= 0.6 is 0 Å². The molecule has 0 radical (unpaired) electrons. The molecule has 0 fully saturated rings. The first-order valence-corrected chi connectivity index (χ1v) is 9.14. The second-order valence-electron chi connectivity index (χ2n) is 7.51. The molecule has 0 saturated carbocycles. The van der Waals surface area contributed by atoms with Crippen molar-refractivity contribution in [2.75, 3.05) is 28.7 Å². The Kier molecular flexibility index (Phi) is 5.40. The van der Waals surface area contributed by atoms with E-state index in [1.807, 2.05) is 45.0 Å². The van der Waals surface area contributed by atoms with Crippen molar-refractivity contribution in [3.8, 4) is 5.75 Å². The van der Waals surface area contributed by atoms with Crippen LogP contribution in [0.1, 0.15) is 19.4 Å². The Balaban J connectivity index is 1.81. The third-order valence-corrected chi connectivity index (χ3v) is 4.51. The monoisotopic (exact) mass is 379 g/mol. The number of carbonyl (C=O) groups is 2. The molecule has 3 rings (SSSR count). The number of urea groups is 1. The fraction of sp³-hybridized carbons (Fsp3) is 0.273. The molecule has 3 amide bonds. The Bertz CT molecular complexity index is 921. The third kappa shape index (κ3) is 4.17. The van der Waals surface area contributed by atoms with E-state index in [4.69, 9.17) is 4.74 Å². The van der Waals surface area contributed by atoms with Crippen LogP contribution in [0.25, 0.3) is 0 Å². The first kappa shape index (κ1) is 19.5. The van der Waals surface area contributed by atoms with Crippen molar-refractivity contribution < 1.29 is 14.3 Å². The highest BCUT2D eigenvalue weighted by Crippen LogP contribution is 2.38. The molecule has 1 aliphatic heterocycles. The van der Waals surface area contributed by atoms with Gasteiger partial charge in [0.05, 0.1) is 11.1 Å². The van der Waals surface area contributed by atoms with Crippen LogP contribution in [0.4, 0.5) is 21.9 Å². The number of hydrogen-bond acceptors (Lipinski definition) is 3. The van der Waals surface area contributed by atoms with Gasteiger partial charge in [0.2, 0.25) is 5.91 Å². The predicted molar refractivity (Wildman–Crippen MR) is 112 cm³/mol. The SMILES string of the molecule is C=CCN1C(=O)C(C)(C)COc2cc(NC(=O)Nc3cccc(C)c3)ccc21. The largest absolute Gasteiger partial charge is 0.490 e. The lowest BCUT2D eigenvalue weighted by atomic mass is 9.93. The van der Waals surface area contributed by atoms with Crippen LogP contribution in [0.15, 0.2) is 55.1 Å². The number of amides is 3. The van der Waals surface area contributed by atoms with Gasteiger partial charge in [-0.25, -0.2) is 4.79 Å². The molecule has 0 aromatic heterocycles. The maximum Gasteiger partial charge on any atom is 0.323 e. The zero-order chi connectivity index (χ0) is 20.3. The highest BCUT2D eigenvalue weighted by atomic mass is 16.5. The van der Waals surface area contributed by atoms with Crippen LogP contribution < -0.4 is 20.3 Å². The lowest BCUT2D eigenvalue weighted by molar-refractivity contribution is -0.127. The van der Waals surface area contributed by atoms with Crippen molar-refractivity contribution in [3.05, 3.63) is 60.7 Å². The Morgan fingerprint density at radius 2 is 1.93 bits per heavy atom. The van der Waals surface area contributed by atoms with Crippen LogP contribution in [0, 0.1) is 12.3 Å². The maximum atomic E-state index is 12.8. The standard InChI is InChI=1S/C22H25N3O3/c1-5-11-25-18-10-9-17(13-19(18)28-14-22(3,4)20(25)26)24-21(27)23-16-8-6-7-15(2)12-16/h5-10,12-13H,1,11,14H2,2-4H3,(H2,23,24,27). The molecule has 0 spiro atoms. The van der Waals surface area contributed by atoms with Crippen molar-refractivity contribution in [2.45, 2.75) is 20.8 Å². The Morgan fingerprint density at radius 3 is 2.61 bits per heavy atom. The van der Waals surface area contributed by atoms with Gasteiger partial charge in [0.25, 0.3) is 0 Å². The molecule has 6 nitrogen and oxygen atoms in total. The molecule has 1 aliphatic rings. The minimum absolute atomic E-state index is 0.0240. The van der Waals surface area contributed by atoms with Gasteiger partial charge >= 0.3 is 6.03 Å². The number of hydrogen-bond donors (Lipinski definition) is 2. The lowest BCUT2D eigenvalue weighted by Gasteiger charge is -2.27. The van der Waals surface area contributed by atoms with E-state index >= 15 is 0 Å². The molecule has 0 atom stereocenters. The van der Waals surface area contributed by atoms with E-state index < -0.39 is 5.41 Å². The fourth-order valence-electron chi connectivity index (χ4n) is 3.05. The topological polar surface area (TPSA) is 70.7 Å². The van der Waals surface area contributed by atoms with Crippen molar-refractivity contribution in [2.24, 2.45) is 5.41 Å². The number of anilines is 3. The summed E-state index contributed by atoms with van der Waals surface area (Å²) in [4.78, 5) is 26.8. The van der Waals surface area contributed by atoms with Crippen LogP contribution in [0.2, 0.25) is 0 Å². The molecule has 2 aromatic carbocycles. The number of carbonyl (C=O) groups excluding carboxylic acids is 2. The first-order valence-electron chi connectivity index (χ1n) is 9.14. The molecule has 2 N–H and O–H groups in total. The van der Waals surface area contributed by atoms with E-state index in [1.165, 1.54) is 0 Å². The number of rotatable bonds is 4. The molecule has 146 valence electrons. The molecule has 6 heteroatoms. The van der Waals surface area contributed by atoms with Crippen LogP contribution in [0.3, 0.4) is 0 Å². The van der Waals surface area contributed by atoms with E-state index in [9.17, 15) is 9.59 Å². The number of benzene rings is 2. The van der Waals surface area contributed by atoms with E-state index in [2.05, 4.69) is 17.2 Å². The van der Waals surface area contributed by atoms with Crippen molar-refractivity contribution in [3.63, 3.8) is 0 Å². The summed E-state index contributed by atoms with van der Waals surface area (Å²) in [6, 6.07) is 12.5. The molecule has 0 saturated heterocycles. The normalized spacial score (nSPS) is 15.1. The summed E-state index contributed by atoms with van der Waals surface area (Å²) in [7, 11) is 0. The predicted octanol–water partition coefficient (Wildman–Crippen LogP) is 4.58. The van der Waals surface area contributed by atoms with E-state index in [1.54, 1.807) is 29.2 Å². The van der Waals surface area contributed by atoms with Gasteiger partial charge in [0, 0.05) is 24.0 Å². The van der Waals surface area contributed by atoms with Gasteiger partial charge in [0.1, 0.15) is 12.4 Å². The Hall–Kier alpha value is -3.28. The quantitative estimate of drug-likeness (QED) is 0.764. The fourth-order valence-corrected chi connectivity index (χ4v) is 3.05. The Morgan fingerprint density at radius 1 is 1.21 bits per heavy atom. The molecular formula is C22H25N3O3. The van der Waals surface area contributed by atoms with Crippen molar-refractivity contribution in [1.82, 2.24) is 0 Å². The summed E-state index contributed by atoms with van der Waals surface area (Å²) in [5.74, 6) is 0.526. The highest BCUT2D eigenvalue weighted by molar-refractivity contribution is 6.02. The third-order valence-electron chi connectivity index (χ3n) is 4.51. The maximum absolute atomic E-state index is 12.8. The number of nitrogens with one attached hydrogen (secondary N) is 2. The Labute approximate surface area is 165 Å². The lowest BCUT2D eigenvalue weighted by Crippen LogP contribution is -2.42.